The molecule has 1 aliphatic rings. The predicted octanol–water partition coefficient (Wildman–Crippen LogP) is 0.832. The molecule has 3 atom stereocenters. The maximum absolute atomic E-state index is 10.6. The van der Waals surface area contributed by atoms with Crippen molar-refractivity contribution in [1.29, 1.82) is 0 Å². The van der Waals surface area contributed by atoms with Gasteiger partial charge in [-0.1, -0.05) is 13.3 Å². The molecule has 4 heteroatoms. The third-order valence-electron chi connectivity index (χ3n) is 2.61. The summed E-state index contributed by atoms with van der Waals surface area (Å²) >= 11 is 0. The van der Waals surface area contributed by atoms with Crippen LogP contribution in [0.2, 0.25) is 0 Å². The second-order valence-corrected chi connectivity index (χ2v) is 3.43. The Balaban J connectivity index is 0.00000121. The third-order valence-corrected chi connectivity index (χ3v) is 2.61. The number of carbonyl (C=O) groups is 1. The van der Waals surface area contributed by atoms with E-state index in [9.17, 15) is 4.79 Å². The summed E-state index contributed by atoms with van der Waals surface area (Å²) in [7, 11) is 0. The maximum Gasteiger partial charge on any atom is 0.308 e. The molecule has 0 amide bonds. The zero-order valence-electron chi connectivity index (χ0n) is 7.10. The molecule has 0 aromatic carbocycles. The van der Waals surface area contributed by atoms with Gasteiger partial charge in [-0.3, -0.25) is 4.79 Å². The summed E-state index contributed by atoms with van der Waals surface area (Å²) in [5, 5.41) is 8.75. The first kappa shape index (κ1) is 11.9. The molecule has 0 saturated heterocycles. The fourth-order valence-electron chi connectivity index (χ4n) is 1.73. The molecule has 1 rings (SSSR count). The number of rotatable bonds is 1. The Hall–Kier alpha value is -0.0765. The summed E-state index contributed by atoms with van der Waals surface area (Å²) in [5.41, 5.74) is 5.74. The van der Waals surface area contributed by atoms with E-state index in [1.807, 2.05) is 6.92 Å². The number of hydrogen-bond acceptors (Lipinski definition) is 2. The predicted molar refractivity (Wildman–Crippen MR) is 42.1 cm³/mol. The second-order valence-electron chi connectivity index (χ2n) is 3.43. The van der Waals surface area contributed by atoms with Crippen molar-refractivity contribution in [1.82, 2.24) is 0 Å². The van der Waals surface area contributed by atoms with Crippen LogP contribution >= 0.6 is 0 Å². The zero-order chi connectivity index (χ0) is 8.43. The van der Waals surface area contributed by atoms with Crippen LogP contribution in [0.4, 0.5) is 0 Å². The van der Waals surface area contributed by atoms with Crippen LogP contribution in [0, 0.1) is 11.8 Å². The molecular formula is C8H15NNiO2. The number of nitrogens with two attached hydrogens (primary N) is 1. The van der Waals surface area contributed by atoms with Crippen LogP contribution in [0.25, 0.3) is 0 Å². The molecular weight excluding hydrogens is 201 g/mol. The topological polar surface area (TPSA) is 63.3 Å². The zero-order valence-corrected chi connectivity index (χ0v) is 8.09. The molecule has 0 spiro atoms. The van der Waals surface area contributed by atoms with Gasteiger partial charge in [-0.15, -0.1) is 0 Å². The van der Waals surface area contributed by atoms with Crippen molar-refractivity contribution >= 4 is 5.97 Å². The van der Waals surface area contributed by atoms with E-state index >= 15 is 0 Å². The van der Waals surface area contributed by atoms with Crippen LogP contribution in [-0.2, 0) is 21.3 Å². The first-order valence-corrected chi connectivity index (χ1v) is 4.11. The van der Waals surface area contributed by atoms with Gasteiger partial charge in [0.25, 0.3) is 0 Å². The fourth-order valence-corrected chi connectivity index (χ4v) is 1.73. The maximum atomic E-state index is 10.6. The van der Waals surface area contributed by atoms with E-state index < -0.39 is 5.97 Å². The average molecular weight is 216 g/mol. The van der Waals surface area contributed by atoms with E-state index in [1.165, 1.54) is 0 Å². The third kappa shape index (κ3) is 2.46. The van der Waals surface area contributed by atoms with Crippen LogP contribution in [0.15, 0.2) is 0 Å². The Morgan fingerprint density at radius 1 is 1.50 bits per heavy atom. The summed E-state index contributed by atoms with van der Waals surface area (Å²) in [6.45, 7) is 2.03. The molecule has 0 bridgehead atoms. The van der Waals surface area contributed by atoms with E-state index in [2.05, 4.69) is 0 Å². The normalized spacial score (nSPS) is 35.3. The largest absolute Gasteiger partial charge is 0.481 e. The quantitative estimate of drug-likeness (QED) is 0.638. The van der Waals surface area contributed by atoms with Crippen molar-refractivity contribution in [3.63, 3.8) is 0 Å². The molecule has 0 aliphatic heterocycles. The molecule has 0 aromatic rings. The van der Waals surface area contributed by atoms with Crippen LogP contribution in [-0.4, -0.2) is 17.1 Å². The fraction of sp³-hybridized carbons (Fsp3) is 0.875. The standard InChI is InChI=1S/C8H15NO2.Ni/c1-5-3-2-4-6(7(5)9)8(10)11;/h5-7H,2-4,9H2,1H3,(H,10,11);. The van der Waals surface area contributed by atoms with E-state index in [-0.39, 0.29) is 28.5 Å². The molecule has 0 aromatic heterocycles. The van der Waals surface area contributed by atoms with Gasteiger partial charge in [0, 0.05) is 22.5 Å². The summed E-state index contributed by atoms with van der Waals surface area (Å²) in [5.74, 6) is -0.673. The molecule has 1 fully saturated rings. The van der Waals surface area contributed by atoms with E-state index in [0.29, 0.717) is 5.92 Å². The Morgan fingerprint density at radius 2 is 2.08 bits per heavy atom. The first-order valence-electron chi connectivity index (χ1n) is 4.11. The number of carboxylic acid groups (broad SMARTS) is 1. The van der Waals surface area contributed by atoms with Gasteiger partial charge in [0.2, 0.25) is 0 Å². The molecule has 0 radical (unpaired) electrons. The van der Waals surface area contributed by atoms with Crippen molar-refractivity contribution in [2.75, 3.05) is 0 Å². The van der Waals surface area contributed by atoms with Crippen molar-refractivity contribution < 1.29 is 26.4 Å². The Labute approximate surface area is 82.6 Å². The van der Waals surface area contributed by atoms with Crippen molar-refractivity contribution in [3.8, 4) is 0 Å². The smallest absolute Gasteiger partial charge is 0.308 e. The van der Waals surface area contributed by atoms with Gasteiger partial charge in [0.1, 0.15) is 0 Å². The SMILES string of the molecule is CC1CCCC(C(=O)O)C1N.[Ni]. The molecule has 3 unspecified atom stereocenters. The van der Waals surface area contributed by atoms with Crippen LogP contribution in [0.3, 0.4) is 0 Å². The Kier molecular flexibility index (Phi) is 4.80. The van der Waals surface area contributed by atoms with Gasteiger partial charge in [-0.25, -0.2) is 0 Å². The van der Waals surface area contributed by atoms with Crippen molar-refractivity contribution in [2.45, 2.75) is 32.2 Å². The summed E-state index contributed by atoms with van der Waals surface area (Å²) in [6, 6.07) is -0.138. The van der Waals surface area contributed by atoms with Crippen molar-refractivity contribution in [3.05, 3.63) is 0 Å². The summed E-state index contributed by atoms with van der Waals surface area (Å²) in [6.07, 6.45) is 2.83. The number of aliphatic carboxylic acids is 1. The number of hydrogen-bond donors (Lipinski definition) is 2. The molecule has 0 heterocycles. The average Bonchev–Trinajstić information content (AvgIpc) is 1.94. The molecule has 3 N–H and O–H groups in total. The number of carboxylic acids is 1. The van der Waals surface area contributed by atoms with Gasteiger partial charge in [-0.05, 0) is 18.8 Å². The van der Waals surface area contributed by atoms with Crippen LogP contribution in [0.5, 0.6) is 0 Å². The minimum Gasteiger partial charge on any atom is -0.481 e. The first-order chi connectivity index (χ1) is 5.13. The monoisotopic (exact) mass is 215 g/mol. The van der Waals surface area contributed by atoms with E-state index in [0.717, 1.165) is 19.3 Å². The van der Waals surface area contributed by atoms with E-state index in [1.54, 1.807) is 0 Å². The Morgan fingerprint density at radius 3 is 2.50 bits per heavy atom. The van der Waals surface area contributed by atoms with Gasteiger partial charge < -0.3 is 10.8 Å². The summed E-state index contributed by atoms with van der Waals surface area (Å²) < 4.78 is 0. The molecule has 12 heavy (non-hydrogen) atoms. The minimum absolute atomic E-state index is 0. The van der Waals surface area contributed by atoms with Crippen LogP contribution < -0.4 is 5.73 Å². The van der Waals surface area contributed by atoms with Crippen LogP contribution in [0.1, 0.15) is 26.2 Å². The summed E-state index contributed by atoms with van der Waals surface area (Å²) in [4.78, 5) is 10.6. The molecule has 74 valence electrons. The minimum atomic E-state index is -0.732. The molecule has 1 saturated carbocycles. The second kappa shape index (κ2) is 4.83. The van der Waals surface area contributed by atoms with Gasteiger partial charge in [0.15, 0.2) is 0 Å². The van der Waals surface area contributed by atoms with Gasteiger partial charge in [-0.2, -0.15) is 0 Å². The molecule has 1 aliphatic carbocycles. The molecule has 3 nitrogen and oxygen atoms in total. The Bertz CT molecular complexity index is 163. The van der Waals surface area contributed by atoms with Gasteiger partial charge >= 0.3 is 5.97 Å². The van der Waals surface area contributed by atoms with Crippen molar-refractivity contribution in [2.24, 2.45) is 17.6 Å². The van der Waals surface area contributed by atoms with Gasteiger partial charge in [0.05, 0.1) is 5.92 Å². The van der Waals surface area contributed by atoms with E-state index in [4.69, 9.17) is 10.8 Å².